The molecule has 0 aliphatic carbocycles. The molecule has 0 unspecified atom stereocenters. The predicted molar refractivity (Wildman–Crippen MR) is 60.0 cm³/mol. The predicted octanol–water partition coefficient (Wildman–Crippen LogP) is 3.75. The Balaban J connectivity index is 3.78. The minimum atomic E-state index is 0.134. The molecular formula is C9H14BrP. The normalized spacial score (nSPS) is 10.9. The van der Waals surface area contributed by atoms with Gasteiger partial charge in [-0.2, -0.15) is 0 Å². The molecule has 11 heavy (non-hydrogen) atoms. The zero-order valence-electron chi connectivity index (χ0n) is 7.10. The molecule has 0 saturated carbocycles. The average Bonchev–Trinajstić information content (AvgIpc) is 1.82. The monoisotopic (exact) mass is 232 g/mol. The molecule has 0 heterocycles. The van der Waals surface area contributed by atoms with Gasteiger partial charge in [0.1, 0.15) is 0 Å². The van der Waals surface area contributed by atoms with Crippen LogP contribution in [0.1, 0.15) is 0 Å². The highest BCUT2D eigenvalue weighted by Crippen LogP contribution is 2.27. The van der Waals surface area contributed by atoms with Crippen LogP contribution >= 0.6 is 23.9 Å². The molecule has 0 spiro atoms. The van der Waals surface area contributed by atoms with E-state index < -0.39 is 0 Å². The number of allylic oxidation sites excluding steroid dienone is 4. The summed E-state index contributed by atoms with van der Waals surface area (Å²) in [4.78, 5) is 0. The van der Waals surface area contributed by atoms with Crippen molar-refractivity contribution < 1.29 is 0 Å². The smallest absolute Gasteiger partial charge is 0.0103 e. The van der Waals surface area contributed by atoms with Gasteiger partial charge in [0.25, 0.3) is 0 Å². The summed E-state index contributed by atoms with van der Waals surface area (Å²) in [5.41, 5.74) is 1.18. The first-order valence-corrected chi connectivity index (χ1v) is 6.59. The summed E-state index contributed by atoms with van der Waals surface area (Å²) in [7, 11) is 0.134. The number of rotatable bonds is 4. The van der Waals surface area contributed by atoms with Gasteiger partial charge in [-0.25, -0.2) is 0 Å². The Labute approximate surface area is 79.0 Å². The fourth-order valence-corrected chi connectivity index (χ4v) is 1.72. The van der Waals surface area contributed by atoms with Crippen LogP contribution in [0.3, 0.4) is 0 Å². The summed E-state index contributed by atoms with van der Waals surface area (Å²) in [6.07, 6.45) is 5.06. The lowest BCUT2D eigenvalue weighted by molar-refractivity contribution is 1.55. The SMILES string of the molecule is C=C(Br)/C=C\C(=C)CP(C)C. The first-order valence-electron chi connectivity index (χ1n) is 3.37. The summed E-state index contributed by atoms with van der Waals surface area (Å²) in [5.74, 6) is 0. The number of halogens is 1. The number of hydrogen-bond acceptors (Lipinski definition) is 0. The highest BCUT2D eigenvalue weighted by atomic mass is 79.9. The highest BCUT2D eigenvalue weighted by Gasteiger charge is 1.93. The molecule has 0 radical (unpaired) electrons. The minimum Gasteiger partial charge on any atom is -0.109 e. The molecule has 2 heteroatoms. The zero-order chi connectivity index (χ0) is 8.85. The van der Waals surface area contributed by atoms with Gasteiger partial charge >= 0.3 is 0 Å². The molecule has 0 aliphatic rings. The Morgan fingerprint density at radius 3 is 2.27 bits per heavy atom. The lowest BCUT2D eigenvalue weighted by atomic mass is 10.3. The molecule has 0 nitrogen and oxygen atoms in total. The van der Waals surface area contributed by atoms with Crippen LogP contribution in [0.15, 0.2) is 35.4 Å². The molecule has 0 amide bonds. The van der Waals surface area contributed by atoms with E-state index in [9.17, 15) is 0 Å². The van der Waals surface area contributed by atoms with Crippen LogP contribution in [-0.4, -0.2) is 19.5 Å². The van der Waals surface area contributed by atoms with Crippen LogP contribution in [0.2, 0.25) is 0 Å². The largest absolute Gasteiger partial charge is 0.109 e. The van der Waals surface area contributed by atoms with Crippen molar-refractivity contribution in [3.05, 3.63) is 35.4 Å². The van der Waals surface area contributed by atoms with Gasteiger partial charge in [0.15, 0.2) is 0 Å². The summed E-state index contributed by atoms with van der Waals surface area (Å²) >= 11 is 3.25. The van der Waals surface area contributed by atoms with E-state index >= 15 is 0 Å². The third-order valence-electron chi connectivity index (χ3n) is 1.02. The quantitative estimate of drug-likeness (QED) is 0.512. The topological polar surface area (TPSA) is 0 Å². The van der Waals surface area contributed by atoms with E-state index in [1.165, 1.54) is 5.57 Å². The molecule has 0 aromatic rings. The molecule has 0 bridgehead atoms. The summed E-state index contributed by atoms with van der Waals surface area (Å²) in [6, 6.07) is 0. The Hall–Kier alpha value is 0.130. The first-order chi connectivity index (χ1) is 5.02. The van der Waals surface area contributed by atoms with E-state index in [1.807, 2.05) is 12.2 Å². The van der Waals surface area contributed by atoms with Gasteiger partial charge in [-0.1, -0.05) is 40.7 Å². The Bertz CT molecular complexity index is 180. The van der Waals surface area contributed by atoms with E-state index in [1.54, 1.807) is 0 Å². The third-order valence-corrected chi connectivity index (χ3v) is 2.32. The van der Waals surface area contributed by atoms with Crippen molar-refractivity contribution in [3.63, 3.8) is 0 Å². The zero-order valence-corrected chi connectivity index (χ0v) is 9.58. The molecule has 0 N–H and O–H groups in total. The van der Waals surface area contributed by atoms with Crippen molar-refractivity contribution in [3.8, 4) is 0 Å². The molecule has 0 rings (SSSR count). The van der Waals surface area contributed by atoms with Crippen LogP contribution in [0.5, 0.6) is 0 Å². The Morgan fingerprint density at radius 1 is 1.36 bits per heavy atom. The maximum atomic E-state index is 3.93. The maximum Gasteiger partial charge on any atom is 0.0103 e. The second kappa shape index (κ2) is 5.74. The fraction of sp³-hybridized carbons (Fsp3) is 0.333. The second-order valence-electron chi connectivity index (χ2n) is 2.68. The molecule has 0 atom stereocenters. The van der Waals surface area contributed by atoms with Crippen LogP contribution in [0, 0.1) is 0 Å². The highest BCUT2D eigenvalue weighted by molar-refractivity contribution is 9.11. The van der Waals surface area contributed by atoms with E-state index in [2.05, 4.69) is 42.4 Å². The molecule has 62 valence electrons. The van der Waals surface area contributed by atoms with Gasteiger partial charge in [0.2, 0.25) is 0 Å². The van der Waals surface area contributed by atoms with Crippen LogP contribution < -0.4 is 0 Å². The Morgan fingerprint density at radius 2 is 1.91 bits per heavy atom. The van der Waals surface area contributed by atoms with E-state index in [4.69, 9.17) is 0 Å². The van der Waals surface area contributed by atoms with E-state index in [0.29, 0.717) is 0 Å². The fourth-order valence-electron chi connectivity index (χ4n) is 0.667. The summed E-state index contributed by atoms with van der Waals surface area (Å²) < 4.78 is 0.898. The molecule has 0 aromatic carbocycles. The summed E-state index contributed by atoms with van der Waals surface area (Å²) in [5, 5.41) is 0. The van der Waals surface area contributed by atoms with Crippen molar-refractivity contribution in [1.29, 1.82) is 0 Å². The van der Waals surface area contributed by atoms with Crippen molar-refractivity contribution in [2.75, 3.05) is 19.5 Å². The van der Waals surface area contributed by atoms with Gasteiger partial charge in [-0.05, 0) is 25.6 Å². The van der Waals surface area contributed by atoms with Gasteiger partial charge in [0.05, 0.1) is 0 Å². The lowest BCUT2D eigenvalue weighted by Crippen LogP contribution is -1.82. The van der Waals surface area contributed by atoms with Gasteiger partial charge in [-0.3, -0.25) is 0 Å². The van der Waals surface area contributed by atoms with Gasteiger partial charge in [-0.15, -0.1) is 7.92 Å². The average molecular weight is 233 g/mol. The molecular weight excluding hydrogens is 219 g/mol. The second-order valence-corrected chi connectivity index (χ2v) is 6.17. The van der Waals surface area contributed by atoms with Crippen LogP contribution in [0.4, 0.5) is 0 Å². The van der Waals surface area contributed by atoms with Crippen molar-refractivity contribution >= 4 is 23.9 Å². The van der Waals surface area contributed by atoms with E-state index in [-0.39, 0.29) is 7.92 Å². The third kappa shape index (κ3) is 8.03. The van der Waals surface area contributed by atoms with Gasteiger partial charge < -0.3 is 0 Å². The molecule has 0 saturated heterocycles. The van der Waals surface area contributed by atoms with Crippen molar-refractivity contribution in [2.45, 2.75) is 0 Å². The van der Waals surface area contributed by atoms with E-state index in [0.717, 1.165) is 10.6 Å². The minimum absolute atomic E-state index is 0.134. The van der Waals surface area contributed by atoms with Gasteiger partial charge in [0, 0.05) is 4.48 Å². The van der Waals surface area contributed by atoms with Crippen LogP contribution in [-0.2, 0) is 0 Å². The molecule has 0 aromatic heterocycles. The molecule has 0 aliphatic heterocycles. The summed E-state index contributed by atoms with van der Waals surface area (Å²) in [6.45, 7) is 12.1. The molecule has 0 fully saturated rings. The lowest BCUT2D eigenvalue weighted by Gasteiger charge is -2.03. The van der Waals surface area contributed by atoms with Crippen molar-refractivity contribution in [1.82, 2.24) is 0 Å². The Kier molecular flexibility index (Phi) is 5.81. The standard InChI is InChI=1S/C9H14BrP/c1-8(7-11(3)4)5-6-9(2)10/h5-6H,1-2,7H2,3-4H3/b6-5-. The maximum absolute atomic E-state index is 3.93. The number of hydrogen-bond donors (Lipinski definition) is 0. The van der Waals surface area contributed by atoms with Crippen molar-refractivity contribution in [2.24, 2.45) is 0 Å². The van der Waals surface area contributed by atoms with Crippen LogP contribution in [0.25, 0.3) is 0 Å². The first kappa shape index (κ1) is 11.1.